The summed E-state index contributed by atoms with van der Waals surface area (Å²) in [4.78, 5) is 14.2. The zero-order valence-electron chi connectivity index (χ0n) is 11.8. The standard InChI is InChI=1S/C14H28N2O/c1-5-12(4)15-10-13-8-6-7-9-16(13)14(17)11(2)3/h11-13,15H,5-10H2,1-4H3. The molecule has 3 nitrogen and oxygen atoms in total. The number of amides is 1. The van der Waals surface area contributed by atoms with Gasteiger partial charge < -0.3 is 10.2 Å². The number of hydrogen-bond acceptors (Lipinski definition) is 2. The molecule has 1 aliphatic heterocycles. The predicted octanol–water partition coefficient (Wildman–Crippen LogP) is 2.41. The number of likely N-dealkylation sites (tertiary alicyclic amines) is 1. The maximum Gasteiger partial charge on any atom is 0.225 e. The Hall–Kier alpha value is -0.570. The minimum atomic E-state index is 0.124. The zero-order chi connectivity index (χ0) is 12.8. The molecule has 1 rings (SSSR count). The van der Waals surface area contributed by atoms with Crippen molar-refractivity contribution in [3.63, 3.8) is 0 Å². The van der Waals surface area contributed by atoms with Gasteiger partial charge in [-0.05, 0) is 32.6 Å². The minimum absolute atomic E-state index is 0.124. The van der Waals surface area contributed by atoms with Crippen molar-refractivity contribution in [2.24, 2.45) is 5.92 Å². The topological polar surface area (TPSA) is 32.3 Å². The van der Waals surface area contributed by atoms with E-state index in [0.717, 1.165) is 32.4 Å². The van der Waals surface area contributed by atoms with Crippen LogP contribution in [-0.4, -0.2) is 36.0 Å². The molecule has 2 unspecified atom stereocenters. The Bertz CT molecular complexity index is 240. The average Bonchev–Trinajstić information content (AvgIpc) is 2.35. The quantitative estimate of drug-likeness (QED) is 0.800. The fraction of sp³-hybridized carbons (Fsp3) is 0.929. The lowest BCUT2D eigenvalue weighted by Crippen LogP contribution is -2.50. The molecule has 0 spiro atoms. The van der Waals surface area contributed by atoms with Crippen LogP contribution in [0.3, 0.4) is 0 Å². The van der Waals surface area contributed by atoms with Crippen molar-refractivity contribution in [3.8, 4) is 0 Å². The van der Waals surface area contributed by atoms with Crippen LogP contribution in [-0.2, 0) is 4.79 Å². The number of nitrogens with one attached hydrogen (secondary N) is 1. The Morgan fingerprint density at radius 1 is 1.35 bits per heavy atom. The Kier molecular flexibility index (Phi) is 5.96. The van der Waals surface area contributed by atoms with Gasteiger partial charge in [-0.1, -0.05) is 20.8 Å². The van der Waals surface area contributed by atoms with Crippen LogP contribution in [0.15, 0.2) is 0 Å². The molecule has 0 radical (unpaired) electrons. The molecule has 0 aromatic rings. The fourth-order valence-electron chi connectivity index (χ4n) is 2.32. The van der Waals surface area contributed by atoms with Gasteiger partial charge in [-0.15, -0.1) is 0 Å². The normalized spacial score (nSPS) is 22.9. The molecular weight excluding hydrogens is 212 g/mol. The first-order valence-corrected chi connectivity index (χ1v) is 7.10. The summed E-state index contributed by atoms with van der Waals surface area (Å²) in [7, 11) is 0. The molecular formula is C14H28N2O. The predicted molar refractivity (Wildman–Crippen MR) is 71.9 cm³/mol. The molecule has 0 saturated carbocycles. The van der Waals surface area contributed by atoms with Crippen LogP contribution in [0.25, 0.3) is 0 Å². The highest BCUT2D eigenvalue weighted by Gasteiger charge is 2.27. The highest BCUT2D eigenvalue weighted by Crippen LogP contribution is 2.19. The van der Waals surface area contributed by atoms with Crippen LogP contribution in [0.1, 0.15) is 53.4 Å². The second kappa shape index (κ2) is 7.00. The Labute approximate surface area is 106 Å². The van der Waals surface area contributed by atoms with E-state index in [1.54, 1.807) is 0 Å². The van der Waals surface area contributed by atoms with Crippen molar-refractivity contribution in [1.29, 1.82) is 0 Å². The molecule has 0 bridgehead atoms. The van der Waals surface area contributed by atoms with Gasteiger partial charge >= 0.3 is 0 Å². The van der Waals surface area contributed by atoms with Crippen molar-refractivity contribution in [3.05, 3.63) is 0 Å². The van der Waals surface area contributed by atoms with Crippen molar-refractivity contribution in [2.75, 3.05) is 13.1 Å². The summed E-state index contributed by atoms with van der Waals surface area (Å²) < 4.78 is 0. The smallest absolute Gasteiger partial charge is 0.225 e. The third-order valence-electron chi connectivity index (χ3n) is 3.72. The molecule has 17 heavy (non-hydrogen) atoms. The summed E-state index contributed by atoms with van der Waals surface area (Å²) in [6, 6.07) is 0.959. The fourth-order valence-corrected chi connectivity index (χ4v) is 2.32. The van der Waals surface area contributed by atoms with Crippen molar-refractivity contribution >= 4 is 5.91 Å². The van der Waals surface area contributed by atoms with Gasteiger partial charge in [0.05, 0.1) is 0 Å². The molecule has 100 valence electrons. The third-order valence-corrected chi connectivity index (χ3v) is 3.72. The van der Waals surface area contributed by atoms with Crippen LogP contribution in [0.2, 0.25) is 0 Å². The summed E-state index contributed by atoms with van der Waals surface area (Å²) in [5.41, 5.74) is 0. The van der Waals surface area contributed by atoms with Crippen LogP contribution in [0, 0.1) is 5.92 Å². The Morgan fingerprint density at radius 2 is 2.06 bits per heavy atom. The summed E-state index contributed by atoms with van der Waals surface area (Å²) in [6.07, 6.45) is 4.72. The summed E-state index contributed by atoms with van der Waals surface area (Å²) in [5.74, 6) is 0.444. The van der Waals surface area contributed by atoms with Gasteiger partial charge in [0.2, 0.25) is 5.91 Å². The van der Waals surface area contributed by atoms with E-state index in [0.29, 0.717) is 18.0 Å². The number of nitrogens with zero attached hydrogens (tertiary/aromatic N) is 1. The SMILES string of the molecule is CCC(C)NCC1CCCCN1C(=O)C(C)C. The first-order chi connectivity index (χ1) is 8.06. The first kappa shape index (κ1) is 14.5. The van der Waals surface area contributed by atoms with E-state index in [2.05, 4.69) is 24.1 Å². The van der Waals surface area contributed by atoms with Crippen molar-refractivity contribution < 1.29 is 4.79 Å². The van der Waals surface area contributed by atoms with Gasteiger partial charge in [0, 0.05) is 31.1 Å². The monoisotopic (exact) mass is 240 g/mol. The molecule has 1 aliphatic rings. The molecule has 1 amide bonds. The van der Waals surface area contributed by atoms with E-state index in [4.69, 9.17) is 0 Å². The van der Waals surface area contributed by atoms with Gasteiger partial charge in [0.25, 0.3) is 0 Å². The molecule has 0 aromatic carbocycles. The minimum Gasteiger partial charge on any atom is -0.338 e. The second-order valence-corrected chi connectivity index (χ2v) is 5.55. The molecule has 3 heteroatoms. The highest BCUT2D eigenvalue weighted by atomic mass is 16.2. The molecule has 1 N–H and O–H groups in total. The van der Waals surface area contributed by atoms with Crippen LogP contribution < -0.4 is 5.32 Å². The second-order valence-electron chi connectivity index (χ2n) is 5.55. The molecule has 0 aliphatic carbocycles. The highest BCUT2D eigenvalue weighted by molar-refractivity contribution is 5.78. The molecule has 0 aromatic heterocycles. The van der Waals surface area contributed by atoms with E-state index < -0.39 is 0 Å². The molecule has 1 saturated heterocycles. The van der Waals surface area contributed by atoms with Crippen LogP contribution in [0.5, 0.6) is 0 Å². The first-order valence-electron chi connectivity index (χ1n) is 7.10. The van der Waals surface area contributed by atoms with Gasteiger partial charge in [0.15, 0.2) is 0 Å². The van der Waals surface area contributed by atoms with E-state index >= 15 is 0 Å². The van der Waals surface area contributed by atoms with E-state index in [-0.39, 0.29) is 5.92 Å². The number of rotatable bonds is 5. The number of carbonyl (C=O) groups is 1. The van der Waals surface area contributed by atoms with Gasteiger partial charge in [-0.3, -0.25) is 4.79 Å². The van der Waals surface area contributed by atoms with Gasteiger partial charge in [0.1, 0.15) is 0 Å². The average molecular weight is 240 g/mol. The van der Waals surface area contributed by atoms with Gasteiger partial charge in [-0.2, -0.15) is 0 Å². The Balaban J connectivity index is 2.51. The molecule has 1 fully saturated rings. The lowest BCUT2D eigenvalue weighted by atomic mass is 9.99. The lowest BCUT2D eigenvalue weighted by molar-refractivity contribution is -0.138. The summed E-state index contributed by atoms with van der Waals surface area (Å²) in [6.45, 7) is 10.3. The maximum atomic E-state index is 12.1. The summed E-state index contributed by atoms with van der Waals surface area (Å²) in [5, 5.41) is 3.53. The van der Waals surface area contributed by atoms with Crippen LogP contribution >= 0.6 is 0 Å². The lowest BCUT2D eigenvalue weighted by Gasteiger charge is -2.37. The zero-order valence-corrected chi connectivity index (χ0v) is 11.8. The van der Waals surface area contributed by atoms with Crippen molar-refractivity contribution in [2.45, 2.75) is 65.5 Å². The molecule has 1 heterocycles. The number of carbonyl (C=O) groups excluding carboxylic acids is 1. The van der Waals surface area contributed by atoms with E-state index in [1.807, 2.05) is 13.8 Å². The van der Waals surface area contributed by atoms with E-state index in [9.17, 15) is 4.79 Å². The summed E-state index contributed by atoms with van der Waals surface area (Å²) >= 11 is 0. The third kappa shape index (κ3) is 4.30. The largest absolute Gasteiger partial charge is 0.338 e. The number of piperidine rings is 1. The Morgan fingerprint density at radius 3 is 2.65 bits per heavy atom. The number of hydrogen-bond donors (Lipinski definition) is 1. The molecule has 2 atom stereocenters. The van der Waals surface area contributed by atoms with Crippen molar-refractivity contribution in [1.82, 2.24) is 10.2 Å². The van der Waals surface area contributed by atoms with Crippen LogP contribution in [0.4, 0.5) is 0 Å². The van der Waals surface area contributed by atoms with Gasteiger partial charge in [-0.25, -0.2) is 0 Å². The maximum absolute atomic E-state index is 12.1. The van der Waals surface area contributed by atoms with E-state index in [1.165, 1.54) is 6.42 Å².